The van der Waals surface area contributed by atoms with Gasteiger partial charge in [-0.2, -0.15) is 0 Å². The number of anilines is 1. The predicted octanol–water partition coefficient (Wildman–Crippen LogP) is 2.14. The maximum absolute atomic E-state index is 13.9. The molecule has 0 radical (unpaired) electrons. The Balaban J connectivity index is 2.38. The largest absolute Gasteiger partial charge is 0.495 e. The monoisotopic (exact) mass is 236 g/mol. The Hall–Kier alpha value is -1.55. The molecule has 0 aromatic heterocycles. The van der Waals surface area contributed by atoms with E-state index in [1.165, 1.54) is 13.2 Å². The number of ether oxygens (including phenoxy) is 1. The van der Waals surface area contributed by atoms with Crippen molar-refractivity contribution in [2.45, 2.75) is 6.42 Å². The van der Waals surface area contributed by atoms with E-state index in [-0.39, 0.29) is 5.82 Å². The van der Waals surface area contributed by atoms with E-state index >= 15 is 0 Å². The van der Waals surface area contributed by atoms with Crippen LogP contribution < -0.4 is 10.5 Å². The molecule has 4 heteroatoms. The number of benzene rings is 1. The molecule has 0 fully saturated rings. The number of hydrogen-bond donors (Lipinski definition) is 1. The van der Waals surface area contributed by atoms with Gasteiger partial charge in [0.25, 0.3) is 0 Å². The summed E-state index contributed by atoms with van der Waals surface area (Å²) in [6.07, 6.45) is 2.90. The van der Waals surface area contributed by atoms with E-state index < -0.39 is 0 Å². The first-order valence-corrected chi connectivity index (χ1v) is 5.62. The van der Waals surface area contributed by atoms with Crippen molar-refractivity contribution in [3.63, 3.8) is 0 Å². The molecule has 0 aliphatic carbocycles. The van der Waals surface area contributed by atoms with Crippen LogP contribution in [0.25, 0.3) is 5.57 Å². The van der Waals surface area contributed by atoms with Crippen molar-refractivity contribution in [3.8, 4) is 5.75 Å². The number of methoxy groups -OCH3 is 1. The van der Waals surface area contributed by atoms with Crippen LogP contribution in [0.5, 0.6) is 5.75 Å². The first-order chi connectivity index (χ1) is 8.11. The van der Waals surface area contributed by atoms with Crippen LogP contribution in [0.1, 0.15) is 12.0 Å². The minimum Gasteiger partial charge on any atom is -0.495 e. The summed E-state index contributed by atoms with van der Waals surface area (Å²) in [6, 6.07) is 3.01. The third-order valence-corrected chi connectivity index (χ3v) is 3.08. The van der Waals surface area contributed by atoms with Crippen molar-refractivity contribution in [1.82, 2.24) is 4.90 Å². The average Bonchev–Trinajstić information content (AvgIpc) is 2.31. The van der Waals surface area contributed by atoms with Gasteiger partial charge < -0.3 is 15.4 Å². The van der Waals surface area contributed by atoms with Gasteiger partial charge in [-0.25, -0.2) is 4.39 Å². The highest BCUT2D eigenvalue weighted by atomic mass is 19.1. The number of nitrogens with two attached hydrogens (primary N) is 1. The molecule has 0 atom stereocenters. The second-order valence-electron chi connectivity index (χ2n) is 4.32. The smallest absolute Gasteiger partial charge is 0.142 e. The lowest BCUT2D eigenvalue weighted by atomic mass is 9.98. The molecule has 1 aliphatic heterocycles. The maximum atomic E-state index is 13.9. The average molecular weight is 236 g/mol. The molecule has 17 heavy (non-hydrogen) atoms. The first kappa shape index (κ1) is 11.9. The molecule has 3 nitrogen and oxygen atoms in total. The van der Waals surface area contributed by atoms with E-state index in [0.717, 1.165) is 25.1 Å². The number of likely N-dealkylation sites (N-methyl/N-ethyl adjacent to an activating group) is 1. The summed E-state index contributed by atoms with van der Waals surface area (Å²) in [7, 11) is 3.59. The molecule has 92 valence electrons. The Morgan fingerprint density at radius 3 is 2.76 bits per heavy atom. The predicted molar refractivity (Wildman–Crippen MR) is 67.5 cm³/mol. The van der Waals surface area contributed by atoms with Crippen molar-refractivity contribution in [2.75, 3.05) is 33.0 Å². The molecule has 0 amide bonds. The summed E-state index contributed by atoms with van der Waals surface area (Å²) in [5.41, 5.74) is 7.62. The molecule has 1 aliphatic rings. The fraction of sp³-hybridized carbons (Fsp3) is 0.385. The van der Waals surface area contributed by atoms with Crippen LogP contribution in [0.3, 0.4) is 0 Å². The van der Waals surface area contributed by atoms with Gasteiger partial charge in [0.1, 0.15) is 11.6 Å². The molecule has 1 heterocycles. The standard InChI is InChI=1S/C13H17FN2O/c1-16-5-3-9(4-6-16)10-7-13(17-2)12(15)8-11(10)14/h3,7-8H,4-6,15H2,1-2H3. The molecule has 2 N–H and O–H groups in total. The van der Waals surface area contributed by atoms with Crippen molar-refractivity contribution in [3.05, 3.63) is 29.6 Å². The molecular formula is C13H17FN2O. The molecule has 0 saturated heterocycles. The van der Waals surface area contributed by atoms with Crippen LogP contribution in [-0.2, 0) is 0 Å². The van der Waals surface area contributed by atoms with E-state index in [4.69, 9.17) is 10.5 Å². The molecular weight excluding hydrogens is 219 g/mol. The van der Waals surface area contributed by atoms with Gasteiger partial charge in [-0.1, -0.05) is 6.08 Å². The lowest BCUT2D eigenvalue weighted by molar-refractivity contribution is 0.369. The molecule has 0 unspecified atom stereocenters. The summed E-state index contributed by atoms with van der Waals surface area (Å²) in [5.74, 6) is 0.250. The minimum absolute atomic E-state index is 0.279. The number of nitrogens with zero attached hydrogens (tertiary/aromatic N) is 1. The molecule has 1 aromatic rings. The van der Waals surface area contributed by atoms with Crippen LogP contribution in [-0.4, -0.2) is 32.1 Å². The third kappa shape index (κ3) is 2.42. The summed E-state index contributed by atoms with van der Waals surface area (Å²) >= 11 is 0. The fourth-order valence-electron chi connectivity index (χ4n) is 2.01. The van der Waals surface area contributed by atoms with Crippen LogP contribution in [0.4, 0.5) is 10.1 Å². The number of halogens is 1. The zero-order valence-corrected chi connectivity index (χ0v) is 10.2. The van der Waals surface area contributed by atoms with E-state index in [1.807, 2.05) is 7.05 Å². The minimum atomic E-state index is -0.279. The second kappa shape index (κ2) is 4.75. The van der Waals surface area contributed by atoms with E-state index in [0.29, 0.717) is 17.0 Å². The van der Waals surface area contributed by atoms with Gasteiger partial charge in [0.15, 0.2) is 0 Å². The zero-order valence-electron chi connectivity index (χ0n) is 10.2. The van der Waals surface area contributed by atoms with Crippen molar-refractivity contribution in [1.29, 1.82) is 0 Å². The van der Waals surface area contributed by atoms with Crippen LogP contribution in [0.15, 0.2) is 18.2 Å². The van der Waals surface area contributed by atoms with Gasteiger partial charge in [0.2, 0.25) is 0 Å². The van der Waals surface area contributed by atoms with E-state index in [9.17, 15) is 4.39 Å². The van der Waals surface area contributed by atoms with Crippen molar-refractivity contribution >= 4 is 11.3 Å². The summed E-state index contributed by atoms with van der Waals surface area (Å²) in [6.45, 7) is 1.79. The highest BCUT2D eigenvalue weighted by Crippen LogP contribution is 2.31. The summed E-state index contributed by atoms with van der Waals surface area (Å²) < 4.78 is 19.0. The van der Waals surface area contributed by atoms with E-state index in [2.05, 4.69) is 11.0 Å². The third-order valence-electron chi connectivity index (χ3n) is 3.08. The van der Waals surface area contributed by atoms with Crippen LogP contribution in [0.2, 0.25) is 0 Å². The van der Waals surface area contributed by atoms with Crippen LogP contribution >= 0.6 is 0 Å². The summed E-state index contributed by atoms with van der Waals surface area (Å²) in [5, 5.41) is 0. The molecule has 1 aromatic carbocycles. The Kier molecular flexibility index (Phi) is 3.33. The van der Waals surface area contributed by atoms with Gasteiger partial charge in [0.05, 0.1) is 12.8 Å². The molecule has 0 spiro atoms. The lowest BCUT2D eigenvalue weighted by Crippen LogP contribution is -2.23. The fourth-order valence-corrected chi connectivity index (χ4v) is 2.01. The Bertz CT molecular complexity index is 457. The van der Waals surface area contributed by atoms with Gasteiger partial charge >= 0.3 is 0 Å². The first-order valence-electron chi connectivity index (χ1n) is 5.62. The summed E-state index contributed by atoms with van der Waals surface area (Å²) in [4.78, 5) is 2.19. The highest BCUT2D eigenvalue weighted by Gasteiger charge is 2.15. The van der Waals surface area contributed by atoms with Gasteiger partial charge in [-0.05, 0) is 25.1 Å². The maximum Gasteiger partial charge on any atom is 0.142 e. The molecule has 0 saturated carbocycles. The van der Waals surface area contributed by atoms with Gasteiger partial charge in [-0.3, -0.25) is 0 Å². The number of hydrogen-bond acceptors (Lipinski definition) is 3. The lowest BCUT2D eigenvalue weighted by Gasteiger charge is -2.22. The second-order valence-corrected chi connectivity index (χ2v) is 4.32. The zero-order chi connectivity index (χ0) is 12.4. The van der Waals surface area contributed by atoms with Crippen LogP contribution in [0, 0.1) is 5.82 Å². The van der Waals surface area contributed by atoms with Gasteiger partial charge in [-0.15, -0.1) is 0 Å². The van der Waals surface area contributed by atoms with Crippen molar-refractivity contribution in [2.24, 2.45) is 0 Å². The topological polar surface area (TPSA) is 38.5 Å². The quantitative estimate of drug-likeness (QED) is 0.799. The molecule has 2 rings (SSSR count). The van der Waals surface area contributed by atoms with Gasteiger partial charge in [0, 0.05) is 24.7 Å². The Morgan fingerprint density at radius 1 is 1.41 bits per heavy atom. The SMILES string of the molecule is COc1cc(C2=CCN(C)CC2)c(F)cc1N. The normalized spacial score (nSPS) is 16.8. The Labute approximate surface area is 101 Å². The Morgan fingerprint density at radius 2 is 2.18 bits per heavy atom. The highest BCUT2D eigenvalue weighted by molar-refractivity contribution is 5.71. The molecule has 0 bridgehead atoms. The number of nitrogen functional groups attached to an aromatic ring is 1. The van der Waals surface area contributed by atoms with Crippen molar-refractivity contribution < 1.29 is 9.13 Å². The van der Waals surface area contributed by atoms with E-state index in [1.54, 1.807) is 6.07 Å². The number of rotatable bonds is 2.